The predicted molar refractivity (Wildman–Crippen MR) is 137 cm³/mol. The Labute approximate surface area is 210 Å². The average Bonchev–Trinajstić information content (AvgIpc) is 3.58. The zero-order valence-electron chi connectivity index (χ0n) is 19.8. The van der Waals surface area contributed by atoms with Gasteiger partial charge in [0, 0.05) is 22.4 Å². The Kier molecular flexibility index (Phi) is 7.49. The quantitative estimate of drug-likeness (QED) is 0.219. The molecule has 0 spiro atoms. The summed E-state index contributed by atoms with van der Waals surface area (Å²) in [6.45, 7) is 4.64. The first-order valence-electron chi connectivity index (χ1n) is 12.2. The summed E-state index contributed by atoms with van der Waals surface area (Å²) in [6.07, 6.45) is 5.40. The molecule has 2 saturated carbocycles. The zero-order chi connectivity index (χ0) is 23.5. The standard InChI is InChI=1S/C27H32FN3OS2/c1-18-7-11-22(12-8-18)33-13-14-34-27-30-29-26(17-32-25-6-4-3-5-24(25)28)31(27)19(2)23-16-20-9-10-21(23)15-20/h3-8,11-12,19-21,23H,9-10,13-17H2,1-2H3/t19-,20+,21-,23-/m0/s1. The summed E-state index contributed by atoms with van der Waals surface area (Å²) in [5, 5.41) is 10.0. The van der Waals surface area contributed by atoms with Crippen molar-refractivity contribution in [1.82, 2.24) is 14.8 Å². The number of hydrogen-bond acceptors (Lipinski definition) is 5. The van der Waals surface area contributed by atoms with E-state index in [4.69, 9.17) is 4.74 Å². The van der Waals surface area contributed by atoms with E-state index in [0.29, 0.717) is 12.0 Å². The van der Waals surface area contributed by atoms with E-state index in [1.165, 1.54) is 42.2 Å². The zero-order valence-corrected chi connectivity index (χ0v) is 21.5. The number of thioether (sulfide) groups is 2. The van der Waals surface area contributed by atoms with Crippen LogP contribution in [0.4, 0.5) is 4.39 Å². The molecule has 0 unspecified atom stereocenters. The van der Waals surface area contributed by atoms with Crippen LogP contribution in [0.15, 0.2) is 58.6 Å². The number of para-hydroxylation sites is 1. The molecule has 5 rings (SSSR count). The molecule has 7 heteroatoms. The summed E-state index contributed by atoms with van der Waals surface area (Å²) < 4.78 is 22.2. The van der Waals surface area contributed by atoms with Crippen molar-refractivity contribution in [1.29, 1.82) is 0 Å². The van der Waals surface area contributed by atoms with Crippen molar-refractivity contribution in [3.63, 3.8) is 0 Å². The maximum atomic E-state index is 14.1. The number of halogens is 1. The van der Waals surface area contributed by atoms with Gasteiger partial charge < -0.3 is 4.74 Å². The van der Waals surface area contributed by atoms with Gasteiger partial charge in [0.05, 0.1) is 0 Å². The molecule has 4 atom stereocenters. The molecule has 2 fully saturated rings. The Bertz CT molecular complexity index is 1100. The molecular weight excluding hydrogens is 465 g/mol. The average molecular weight is 498 g/mol. The maximum absolute atomic E-state index is 14.1. The van der Waals surface area contributed by atoms with Crippen LogP contribution >= 0.6 is 23.5 Å². The van der Waals surface area contributed by atoms with Gasteiger partial charge in [0.25, 0.3) is 0 Å². The third kappa shape index (κ3) is 5.30. The Hall–Kier alpha value is -1.99. The Morgan fingerprint density at radius 1 is 1.03 bits per heavy atom. The number of benzene rings is 2. The van der Waals surface area contributed by atoms with Crippen LogP contribution in [0.5, 0.6) is 5.75 Å². The summed E-state index contributed by atoms with van der Waals surface area (Å²) in [6, 6.07) is 15.5. The van der Waals surface area contributed by atoms with Crippen LogP contribution in [0.3, 0.4) is 0 Å². The van der Waals surface area contributed by atoms with Gasteiger partial charge in [-0.15, -0.1) is 22.0 Å². The number of nitrogens with zero attached hydrogens (tertiary/aromatic N) is 3. The molecule has 1 aromatic heterocycles. The Balaban J connectivity index is 1.28. The minimum atomic E-state index is -0.350. The number of aromatic nitrogens is 3. The van der Waals surface area contributed by atoms with Gasteiger partial charge in [-0.1, -0.05) is 48.0 Å². The van der Waals surface area contributed by atoms with E-state index in [-0.39, 0.29) is 18.2 Å². The van der Waals surface area contributed by atoms with Gasteiger partial charge in [0.2, 0.25) is 0 Å². The Morgan fingerprint density at radius 2 is 1.82 bits per heavy atom. The van der Waals surface area contributed by atoms with Gasteiger partial charge in [-0.25, -0.2) is 4.39 Å². The fraction of sp³-hybridized carbons (Fsp3) is 0.481. The number of fused-ring (bicyclic) bond motifs is 2. The van der Waals surface area contributed by atoms with Crippen molar-refractivity contribution >= 4 is 23.5 Å². The van der Waals surface area contributed by atoms with Crippen molar-refractivity contribution in [2.45, 2.75) is 62.2 Å². The molecule has 0 radical (unpaired) electrons. The molecule has 2 aliphatic carbocycles. The smallest absolute Gasteiger partial charge is 0.191 e. The highest BCUT2D eigenvalue weighted by Gasteiger charge is 2.43. The largest absolute Gasteiger partial charge is 0.483 e. The summed E-state index contributed by atoms with van der Waals surface area (Å²) in [5.74, 6) is 4.99. The van der Waals surface area contributed by atoms with Gasteiger partial charge in [-0.05, 0) is 75.1 Å². The van der Waals surface area contributed by atoms with Crippen LogP contribution in [0.1, 0.15) is 50.0 Å². The third-order valence-corrected chi connectivity index (χ3v) is 9.57. The van der Waals surface area contributed by atoms with Gasteiger partial charge in [-0.3, -0.25) is 4.57 Å². The summed E-state index contributed by atoms with van der Waals surface area (Å²) >= 11 is 3.63. The van der Waals surface area contributed by atoms with Gasteiger partial charge in [0.15, 0.2) is 22.5 Å². The molecule has 180 valence electrons. The molecule has 0 saturated heterocycles. The highest BCUT2D eigenvalue weighted by atomic mass is 32.2. The molecule has 2 aliphatic rings. The van der Waals surface area contributed by atoms with Gasteiger partial charge in [0.1, 0.15) is 6.61 Å². The summed E-state index contributed by atoms with van der Waals surface area (Å²) in [5.41, 5.74) is 1.28. The molecule has 2 bridgehead atoms. The van der Waals surface area contributed by atoms with E-state index in [2.05, 4.69) is 52.9 Å². The van der Waals surface area contributed by atoms with E-state index >= 15 is 0 Å². The van der Waals surface area contributed by atoms with Gasteiger partial charge >= 0.3 is 0 Å². The topological polar surface area (TPSA) is 39.9 Å². The number of ether oxygens (including phenoxy) is 1. The summed E-state index contributed by atoms with van der Waals surface area (Å²) in [7, 11) is 0. The van der Waals surface area contributed by atoms with Gasteiger partial charge in [-0.2, -0.15) is 0 Å². The molecule has 0 amide bonds. The van der Waals surface area contributed by atoms with E-state index in [1.54, 1.807) is 30.0 Å². The predicted octanol–water partition coefficient (Wildman–Crippen LogP) is 7.19. The number of rotatable bonds is 10. The Morgan fingerprint density at radius 3 is 2.56 bits per heavy atom. The first-order valence-corrected chi connectivity index (χ1v) is 14.2. The van der Waals surface area contributed by atoms with E-state index in [9.17, 15) is 4.39 Å². The van der Waals surface area contributed by atoms with Crippen LogP contribution in [-0.4, -0.2) is 26.3 Å². The molecule has 4 nitrogen and oxygen atoms in total. The highest BCUT2D eigenvalue weighted by molar-refractivity contribution is 8.02. The fourth-order valence-corrected chi connectivity index (χ4v) is 7.54. The lowest BCUT2D eigenvalue weighted by molar-refractivity contribution is 0.215. The van der Waals surface area contributed by atoms with Crippen molar-refractivity contribution in [3.05, 3.63) is 65.7 Å². The van der Waals surface area contributed by atoms with Crippen LogP contribution in [-0.2, 0) is 6.61 Å². The van der Waals surface area contributed by atoms with Crippen LogP contribution in [0, 0.1) is 30.5 Å². The maximum Gasteiger partial charge on any atom is 0.191 e. The van der Waals surface area contributed by atoms with Crippen LogP contribution in [0.2, 0.25) is 0 Å². The van der Waals surface area contributed by atoms with E-state index in [0.717, 1.165) is 34.3 Å². The molecule has 3 aromatic rings. The van der Waals surface area contributed by atoms with E-state index < -0.39 is 0 Å². The second-order valence-corrected chi connectivity index (χ2v) is 11.8. The minimum Gasteiger partial charge on any atom is -0.483 e. The normalized spacial score (nSPS) is 22.3. The molecule has 2 aromatic carbocycles. The monoisotopic (exact) mass is 497 g/mol. The van der Waals surface area contributed by atoms with Crippen molar-refractivity contribution < 1.29 is 9.13 Å². The third-order valence-electron chi connectivity index (χ3n) is 7.35. The molecular formula is C27H32FN3OS2. The van der Waals surface area contributed by atoms with Crippen LogP contribution < -0.4 is 4.74 Å². The molecule has 1 heterocycles. The number of aryl methyl sites for hydroxylation is 1. The summed E-state index contributed by atoms with van der Waals surface area (Å²) in [4.78, 5) is 1.29. The molecule has 34 heavy (non-hydrogen) atoms. The fourth-order valence-electron chi connectivity index (χ4n) is 5.62. The van der Waals surface area contributed by atoms with Crippen molar-refractivity contribution in [2.75, 3.05) is 11.5 Å². The van der Waals surface area contributed by atoms with Crippen molar-refractivity contribution in [2.24, 2.45) is 17.8 Å². The SMILES string of the molecule is Cc1ccc(SCCSc2nnc(COc3ccccc3F)n2[C@@H](C)[C@@H]2C[C@@H]3CC[C@H]2C3)cc1. The lowest BCUT2D eigenvalue weighted by Gasteiger charge is -2.30. The molecule has 0 aliphatic heterocycles. The first kappa shape index (κ1) is 23.7. The van der Waals surface area contributed by atoms with Crippen molar-refractivity contribution in [3.8, 4) is 5.75 Å². The number of hydrogen-bond donors (Lipinski definition) is 0. The lowest BCUT2D eigenvalue weighted by atomic mass is 9.84. The minimum absolute atomic E-state index is 0.220. The lowest BCUT2D eigenvalue weighted by Crippen LogP contribution is -2.24. The van der Waals surface area contributed by atoms with E-state index in [1.807, 2.05) is 11.8 Å². The second-order valence-electron chi connectivity index (χ2n) is 9.58. The second kappa shape index (κ2) is 10.7. The first-order chi connectivity index (χ1) is 16.6. The molecule has 0 N–H and O–H groups in total. The van der Waals surface area contributed by atoms with Crippen LogP contribution in [0.25, 0.3) is 0 Å². The highest BCUT2D eigenvalue weighted by Crippen LogP contribution is 2.52.